The Balaban J connectivity index is 2.01. The molecule has 4 aromatic rings. The Labute approximate surface area is 132 Å². The highest BCUT2D eigenvalue weighted by Gasteiger charge is 2.14. The fourth-order valence-electron chi connectivity index (χ4n) is 2.81. The van der Waals surface area contributed by atoms with Gasteiger partial charge in [-0.1, -0.05) is 26.0 Å². The first-order valence-electron chi connectivity index (χ1n) is 7.56. The van der Waals surface area contributed by atoms with Crippen LogP contribution in [0.5, 0.6) is 0 Å². The van der Waals surface area contributed by atoms with Gasteiger partial charge in [0.25, 0.3) is 0 Å². The van der Waals surface area contributed by atoms with Crippen molar-refractivity contribution >= 4 is 22.1 Å². The molecule has 0 radical (unpaired) electrons. The van der Waals surface area contributed by atoms with Crippen LogP contribution in [0.3, 0.4) is 0 Å². The van der Waals surface area contributed by atoms with Gasteiger partial charge in [-0.25, -0.2) is 9.37 Å². The maximum absolute atomic E-state index is 13.5. The van der Waals surface area contributed by atoms with Crippen LogP contribution in [0.4, 0.5) is 4.39 Å². The molecule has 4 rings (SSSR count). The predicted octanol–water partition coefficient (Wildman–Crippen LogP) is 5.31. The van der Waals surface area contributed by atoms with Gasteiger partial charge in [0, 0.05) is 17.1 Å². The van der Waals surface area contributed by atoms with Gasteiger partial charge >= 0.3 is 0 Å². The van der Waals surface area contributed by atoms with E-state index in [2.05, 4.69) is 29.9 Å². The van der Waals surface area contributed by atoms with Gasteiger partial charge in [0.1, 0.15) is 11.4 Å². The molecule has 0 unspecified atom stereocenters. The number of hydrogen-bond acceptors (Lipinski definition) is 3. The molecule has 0 atom stereocenters. The highest BCUT2D eigenvalue weighted by atomic mass is 19.1. The molecular formula is C19H15FN2O. The minimum absolute atomic E-state index is 0.370. The van der Waals surface area contributed by atoms with Crippen molar-refractivity contribution < 1.29 is 8.81 Å². The third kappa shape index (κ3) is 2.27. The fraction of sp³-hybridized carbons (Fsp3) is 0.158. The van der Waals surface area contributed by atoms with E-state index in [0.717, 1.165) is 16.6 Å². The normalized spacial score (nSPS) is 11.7. The van der Waals surface area contributed by atoms with Gasteiger partial charge < -0.3 is 4.42 Å². The van der Waals surface area contributed by atoms with E-state index in [4.69, 9.17) is 4.42 Å². The summed E-state index contributed by atoms with van der Waals surface area (Å²) in [7, 11) is 0. The lowest BCUT2D eigenvalue weighted by atomic mass is 10.0. The molecular weight excluding hydrogens is 291 g/mol. The van der Waals surface area contributed by atoms with Crippen LogP contribution in [-0.4, -0.2) is 9.97 Å². The molecule has 0 aliphatic carbocycles. The Hall–Kier alpha value is -2.75. The number of para-hydroxylation sites is 1. The van der Waals surface area contributed by atoms with Crippen molar-refractivity contribution in [1.82, 2.24) is 9.97 Å². The minimum Gasteiger partial charge on any atom is -0.437 e. The zero-order valence-corrected chi connectivity index (χ0v) is 12.9. The molecule has 23 heavy (non-hydrogen) atoms. The highest BCUT2D eigenvalue weighted by molar-refractivity contribution is 6.08. The Morgan fingerprint density at radius 2 is 1.91 bits per heavy atom. The van der Waals surface area contributed by atoms with Crippen molar-refractivity contribution in [1.29, 1.82) is 0 Å². The van der Waals surface area contributed by atoms with Crippen LogP contribution in [0.1, 0.15) is 25.3 Å². The lowest BCUT2D eigenvalue weighted by molar-refractivity contribution is 0.614. The summed E-state index contributed by atoms with van der Waals surface area (Å²) in [6.07, 6.45) is 2.98. The first kappa shape index (κ1) is 13.9. The third-order valence-electron chi connectivity index (χ3n) is 4.05. The number of rotatable bonds is 2. The van der Waals surface area contributed by atoms with Gasteiger partial charge in [-0.2, -0.15) is 0 Å². The van der Waals surface area contributed by atoms with Gasteiger partial charge in [-0.05, 0) is 35.7 Å². The topological polar surface area (TPSA) is 38.9 Å². The third-order valence-corrected chi connectivity index (χ3v) is 4.05. The maximum Gasteiger partial charge on any atom is 0.227 e. The van der Waals surface area contributed by atoms with E-state index < -0.39 is 0 Å². The number of nitrogens with zero attached hydrogens (tertiary/aromatic N) is 2. The Kier molecular flexibility index (Phi) is 3.11. The number of fused-ring (bicyclic) bond motifs is 3. The van der Waals surface area contributed by atoms with Gasteiger partial charge in [0.05, 0.1) is 17.3 Å². The molecule has 3 nitrogen and oxygen atoms in total. The van der Waals surface area contributed by atoms with Crippen LogP contribution >= 0.6 is 0 Å². The predicted molar refractivity (Wildman–Crippen MR) is 88.8 cm³/mol. The maximum atomic E-state index is 13.5. The highest BCUT2D eigenvalue weighted by Crippen LogP contribution is 2.35. The molecule has 0 N–H and O–H groups in total. The lowest BCUT2D eigenvalue weighted by Gasteiger charge is -2.07. The SMILES string of the molecule is CC(C)c1ccnc(-c2cccc3c2oc2ncc(F)cc23)c1. The lowest BCUT2D eigenvalue weighted by Crippen LogP contribution is -1.90. The summed E-state index contributed by atoms with van der Waals surface area (Å²) in [4.78, 5) is 8.51. The van der Waals surface area contributed by atoms with Crippen molar-refractivity contribution in [3.8, 4) is 11.3 Å². The smallest absolute Gasteiger partial charge is 0.227 e. The van der Waals surface area contributed by atoms with Crippen LogP contribution in [0.2, 0.25) is 0 Å². The van der Waals surface area contributed by atoms with Gasteiger partial charge in [0.15, 0.2) is 0 Å². The second-order valence-electron chi connectivity index (χ2n) is 5.92. The van der Waals surface area contributed by atoms with E-state index in [0.29, 0.717) is 22.6 Å². The Morgan fingerprint density at radius 3 is 2.74 bits per heavy atom. The first-order valence-corrected chi connectivity index (χ1v) is 7.56. The average molecular weight is 306 g/mol. The molecule has 0 saturated carbocycles. The van der Waals surface area contributed by atoms with Gasteiger partial charge in [-0.3, -0.25) is 4.98 Å². The number of halogens is 1. The summed E-state index contributed by atoms with van der Waals surface area (Å²) in [5, 5.41) is 1.53. The summed E-state index contributed by atoms with van der Waals surface area (Å²) in [6.45, 7) is 4.29. The van der Waals surface area contributed by atoms with Gasteiger partial charge in [-0.15, -0.1) is 0 Å². The number of aromatic nitrogens is 2. The van der Waals surface area contributed by atoms with E-state index in [1.54, 1.807) is 0 Å². The summed E-state index contributed by atoms with van der Waals surface area (Å²) >= 11 is 0. The van der Waals surface area contributed by atoms with Gasteiger partial charge in [0.2, 0.25) is 5.71 Å². The second kappa shape index (κ2) is 5.16. The van der Waals surface area contributed by atoms with Crippen LogP contribution in [0.15, 0.2) is 53.2 Å². The number of hydrogen-bond donors (Lipinski definition) is 0. The van der Waals surface area contributed by atoms with Crippen LogP contribution in [-0.2, 0) is 0 Å². The monoisotopic (exact) mass is 306 g/mol. The van der Waals surface area contributed by atoms with Crippen molar-refractivity contribution in [3.05, 3.63) is 60.2 Å². The van der Waals surface area contributed by atoms with Crippen molar-refractivity contribution in [3.63, 3.8) is 0 Å². The zero-order chi connectivity index (χ0) is 16.0. The van der Waals surface area contributed by atoms with E-state index >= 15 is 0 Å². The van der Waals surface area contributed by atoms with Crippen molar-refractivity contribution in [2.75, 3.05) is 0 Å². The zero-order valence-electron chi connectivity index (χ0n) is 12.9. The Bertz CT molecular complexity index is 1020. The average Bonchev–Trinajstić information content (AvgIpc) is 2.93. The molecule has 0 fully saturated rings. The molecule has 114 valence electrons. The van der Waals surface area contributed by atoms with Crippen LogP contribution in [0, 0.1) is 5.82 Å². The number of furan rings is 1. The molecule has 0 saturated heterocycles. The Morgan fingerprint density at radius 1 is 1.04 bits per heavy atom. The fourth-order valence-corrected chi connectivity index (χ4v) is 2.81. The molecule has 0 spiro atoms. The summed E-state index contributed by atoms with van der Waals surface area (Å²) in [5.41, 5.74) is 4.08. The molecule has 0 amide bonds. The van der Waals surface area contributed by atoms with E-state index in [9.17, 15) is 4.39 Å². The van der Waals surface area contributed by atoms with E-state index in [1.807, 2.05) is 30.5 Å². The van der Waals surface area contributed by atoms with Crippen LogP contribution in [0.25, 0.3) is 33.3 Å². The largest absolute Gasteiger partial charge is 0.437 e. The number of pyridine rings is 2. The van der Waals surface area contributed by atoms with Crippen molar-refractivity contribution in [2.24, 2.45) is 0 Å². The second-order valence-corrected chi connectivity index (χ2v) is 5.92. The van der Waals surface area contributed by atoms with E-state index in [-0.39, 0.29) is 5.82 Å². The molecule has 0 aliphatic rings. The molecule has 0 bridgehead atoms. The van der Waals surface area contributed by atoms with Crippen LogP contribution < -0.4 is 0 Å². The molecule has 3 aromatic heterocycles. The molecule has 3 heterocycles. The number of benzene rings is 1. The summed E-state index contributed by atoms with van der Waals surface area (Å²) < 4.78 is 19.4. The summed E-state index contributed by atoms with van der Waals surface area (Å²) in [6, 6.07) is 11.4. The first-order chi connectivity index (χ1) is 11.1. The molecule has 1 aromatic carbocycles. The quantitative estimate of drug-likeness (QED) is 0.504. The van der Waals surface area contributed by atoms with E-state index in [1.165, 1.54) is 17.8 Å². The molecule has 0 aliphatic heterocycles. The van der Waals surface area contributed by atoms with Crippen molar-refractivity contribution in [2.45, 2.75) is 19.8 Å². The summed E-state index contributed by atoms with van der Waals surface area (Å²) in [5.74, 6) is 0.0490. The minimum atomic E-state index is -0.370. The molecule has 4 heteroatoms. The standard InChI is InChI=1S/C19H15FN2O/c1-11(2)12-6-7-21-17(8-12)15-5-3-4-14-16-9-13(20)10-22-19(16)23-18(14)15/h3-11H,1-2H3.